The lowest BCUT2D eigenvalue weighted by molar-refractivity contribution is -0.727. The van der Waals surface area contributed by atoms with Gasteiger partial charge in [-0.15, -0.1) is 0 Å². The zero-order valence-corrected chi connectivity index (χ0v) is 24.7. The van der Waals surface area contributed by atoms with Crippen LogP contribution >= 0.6 is 0 Å². The standard InChI is InChI=1S/C33H64N2/c1-5-8-11-14-16-18-20-22-25-28-32(27-24-13-10-7-3)33-34-29-30-35(33)31(4)26-23-21-19-17-15-12-9-6-2/h29-32H,5-28H2,1-4H3/p+1. The van der Waals surface area contributed by atoms with Crippen molar-refractivity contribution in [1.82, 2.24) is 4.98 Å². The van der Waals surface area contributed by atoms with Gasteiger partial charge in [-0.2, -0.15) is 0 Å². The Morgan fingerprint density at radius 1 is 0.543 bits per heavy atom. The summed E-state index contributed by atoms with van der Waals surface area (Å²) in [6.45, 7) is 9.39. The first-order valence-corrected chi connectivity index (χ1v) is 16.3. The molecule has 2 unspecified atom stereocenters. The van der Waals surface area contributed by atoms with Crippen molar-refractivity contribution in [3.05, 3.63) is 18.2 Å². The minimum Gasteiger partial charge on any atom is -0.247 e. The lowest BCUT2D eigenvalue weighted by Gasteiger charge is -2.17. The molecule has 1 heterocycles. The van der Waals surface area contributed by atoms with Crippen molar-refractivity contribution in [2.75, 3.05) is 0 Å². The Kier molecular flexibility index (Phi) is 21.7. The lowest BCUT2D eigenvalue weighted by Crippen LogP contribution is -2.41. The van der Waals surface area contributed by atoms with E-state index in [9.17, 15) is 0 Å². The van der Waals surface area contributed by atoms with Gasteiger partial charge in [-0.25, -0.2) is 9.55 Å². The van der Waals surface area contributed by atoms with Crippen molar-refractivity contribution >= 4 is 0 Å². The summed E-state index contributed by atoms with van der Waals surface area (Å²) in [6, 6.07) is 0.623. The highest BCUT2D eigenvalue weighted by Crippen LogP contribution is 2.27. The summed E-state index contributed by atoms with van der Waals surface area (Å²) >= 11 is 0. The third-order valence-electron chi connectivity index (χ3n) is 8.14. The predicted octanol–water partition coefficient (Wildman–Crippen LogP) is 11.4. The summed E-state index contributed by atoms with van der Waals surface area (Å²) in [5.41, 5.74) is 0. The van der Waals surface area contributed by atoms with Gasteiger partial charge in [-0.05, 0) is 32.6 Å². The van der Waals surface area contributed by atoms with Gasteiger partial charge in [-0.3, -0.25) is 0 Å². The van der Waals surface area contributed by atoms with E-state index >= 15 is 0 Å². The Morgan fingerprint density at radius 3 is 1.37 bits per heavy atom. The number of rotatable bonds is 26. The van der Waals surface area contributed by atoms with E-state index in [4.69, 9.17) is 0 Å². The summed E-state index contributed by atoms with van der Waals surface area (Å²) in [7, 11) is 0. The molecule has 1 aromatic heterocycles. The van der Waals surface area contributed by atoms with Gasteiger partial charge in [-0.1, -0.05) is 149 Å². The van der Waals surface area contributed by atoms with Crippen molar-refractivity contribution in [3.63, 3.8) is 0 Å². The van der Waals surface area contributed by atoms with E-state index in [0.29, 0.717) is 12.0 Å². The van der Waals surface area contributed by atoms with Crippen LogP contribution in [0.25, 0.3) is 0 Å². The van der Waals surface area contributed by atoms with E-state index in [1.54, 1.807) is 0 Å². The van der Waals surface area contributed by atoms with Gasteiger partial charge >= 0.3 is 0 Å². The molecular formula is C33H65N2+. The van der Waals surface area contributed by atoms with Gasteiger partial charge in [0, 0.05) is 0 Å². The van der Waals surface area contributed by atoms with E-state index in [0.717, 1.165) is 0 Å². The van der Waals surface area contributed by atoms with E-state index in [1.165, 1.54) is 160 Å². The molecule has 35 heavy (non-hydrogen) atoms. The molecule has 0 saturated carbocycles. The highest BCUT2D eigenvalue weighted by atomic mass is 15.1. The fourth-order valence-corrected chi connectivity index (χ4v) is 5.72. The van der Waals surface area contributed by atoms with Crippen LogP contribution in [-0.4, -0.2) is 4.98 Å². The van der Waals surface area contributed by atoms with Gasteiger partial charge in [0.2, 0.25) is 0 Å². The van der Waals surface area contributed by atoms with Crippen molar-refractivity contribution in [1.29, 1.82) is 0 Å². The number of hydrogen-bond donors (Lipinski definition) is 1. The SMILES string of the molecule is CCCCCCCCCCCC(CCCCCC)c1[nH]cc[n+]1C(C)CCCCCCCCCC. The molecule has 2 heteroatoms. The molecule has 1 aromatic rings. The number of hydrogen-bond acceptors (Lipinski definition) is 0. The van der Waals surface area contributed by atoms with E-state index < -0.39 is 0 Å². The zero-order valence-electron chi connectivity index (χ0n) is 24.7. The average Bonchev–Trinajstić information content (AvgIpc) is 3.35. The molecule has 0 fully saturated rings. The largest absolute Gasteiger partial charge is 0.257 e. The smallest absolute Gasteiger partial charge is 0.247 e. The molecule has 1 N–H and O–H groups in total. The first-order valence-electron chi connectivity index (χ1n) is 16.3. The van der Waals surface area contributed by atoms with Crippen molar-refractivity contribution in [2.45, 2.75) is 194 Å². The molecule has 0 aliphatic carbocycles. The van der Waals surface area contributed by atoms with Crippen LogP contribution in [-0.2, 0) is 0 Å². The van der Waals surface area contributed by atoms with Crippen molar-refractivity contribution in [3.8, 4) is 0 Å². The van der Waals surface area contributed by atoms with Crippen LogP contribution in [0, 0.1) is 0 Å². The number of aromatic nitrogens is 2. The normalized spacial score (nSPS) is 13.4. The van der Waals surface area contributed by atoms with Crippen LogP contribution in [0.2, 0.25) is 0 Å². The Labute approximate surface area is 221 Å². The van der Waals surface area contributed by atoms with Crippen molar-refractivity contribution in [2.24, 2.45) is 0 Å². The van der Waals surface area contributed by atoms with Crippen LogP contribution in [0.4, 0.5) is 0 Å². The first-order chi connectivity index (χ1) is 17.2. The highest BCUT2D eigenvalue weighted by molar-refractivity contribution is 4.90. The molecule has 0 radical (unpaired) electrons. The van der Waals surface area contributed by atoms with E-state index in [1.807, 2.05) is 0 Å². The van der Waals surface area contributed by atoms with Crippen LogP contribution < -0.4 is 4.57 Å². The second kappa shape index (κ2) is 23.6. The van der Waals surface area contributed by atoms with Gasteiger partial charge in [0.25, 0.3) is 5.82 Å². The molecule has 2 nitrogen and oxygen atoms in total. The molecule has 0 amide bonds. The molecular weight excluding hydrogens is 424 g/mol. The summed E-state index contributed by atoms with van der Waals surface area (Å²) in [5.74, 6) is 2.24. The maximum Gasteiger partial charge on any atom is 0.257 e. The Morgan fingerprint density at radius 2 is 0.914 bits per heavy atom. The molecule has 1 rings (SSSR count). The summed E-state index contributed by atoms with van der Waals surface area (Å²) in [5, 5.41) is 0. The van der Waals surface area contributed by atoms with Gasteiger partial charge in [0.15, 0.2) is 0 Å². The molecule has 0 saturated heterocycles. The monoisotopic (exact) mass is 490 g/mol. The number of aromatic amines is 1. The highest BCUT2D eigenvalue weighted by Gasteiger charge is 2.25. The second-order valence-electron chi connectivity index (χ2n) is 11.5. The molecule has 0 aliphatic heterocycles. The second-order valence-corrected chi connectivity index (χ2v) is 11.5. The number of unbranched alkanes of at least 4 members (excludes halogenated alkanes) is 18. The molecule has 206 valence electrons. The van der Waals surface area contributed by atoms with Gasteiger partial charge in [0.1, 0.15) is 12.4 Å². The molecule has 0 aliphatic rings. The lowest BCUT2D eigenvalue weighted by atomic mass is 9.93. The average molecular weight is 490 g/mol. The topological polar surface area (TPSA) is 19.7 Å². The minimum atomic E-state index is 0.623. The molecule has 0 spiro atoms. The van der Waals surface area contributed by atoms with Crippen molar-refractivity contribution < 1.29 is 4.57 Å². The summed E-state index contributed by atoms with van der Waals surface area (Å²) < 4.78 is 2.61. The quantitative estimate of drug-likeness (QED) is 0.0985. The van der Waals surface area contributed by atoms with E-state index in [2.05, 4.69) is 49.6 Å². The van der Waals surface area contributed by atoms with E-state index in [-0.39, 0.29) is 0 Å². The van der Waals surface area contributed by atoms with Crippen LogP contribution in [0.1, 0.15) is 200 Å². The molecule has 0 aromatic carbocycles. The van der Waals surface area contributed by atoms with Crippen LogP contribution in [0.3, 0.4) is 0 Å². The third kappa shape index (κ3) is 16.6. The van der Waals surface area contributed by atoms with Gasteiger partial charge in [0.05, 0.1) is 12.0 Å². The first kappa shape index (κ1) is 32.2. The number of nitrogens with one attached hydrogen (secondary N) is 1. The molecule has 2 atom stereocenters. The fraction of sp³-hybridized carbons (Fsp3) is 0.909. The summed E-state index contributed by atoms with van der Waals surface area (Å²) in [6.07, 6.45) is 38.3. The maximum atomic E-state index is 3.70. The number of imidazole rings is 1. The minimum absolute atomic E-state index is 0.623. The van der Waals surface area contributed by atoms with Crippen LogP contribution in [0.5, 0.6) is 0 Å². The zero-order chi connectivity index (χ0) is 25.4. The Balaban J connectivity index is 2.43. The Bertz CT molecular complexity index is 549. The fourth-order valence-electron chi connectivity index (χ4n) is 5.72. The number of nitrogens with zero attached hydrogens (tertiary/aromatic N) is 1. The van der Waals surface area contributed by atoms with Gasteiger partial charge < -0.3 is 0 Å². The van der Waals surface area contributed by atoms with Crippen LogP contribution in [0.15, 0.2) is 12.4 Å². The third-order valence-corrected chi connectivity index (χ3v) is 8.14. The summed E-state index contributed by atoms with van der Waals surface area (Å²) in [4.78, 5) is 3.70. The maximum absolute atomic E-state index is 3.70. The Hall–Kier alpha value is -0.790. The molecule has 0 bridgehead atoms. The predicted molar refractivity (Wildman–Crippen MR) is 156 cm³/mol. The number of H-pyrrole nitrogens is 1.